The van der Waals surface area contributed by atoms with Gasteiger partial charge in [0.05, 0.1) is 6.54 Å². The lowest BCUT2D eigenvalue weighted by Crippen LogP contribution is -2.38. The number of aryl methyl sites for hydroxylation is 1. The van der Waals surface area contributed by atoms with Crippen LogP contribution < -0.4 is 15.2 Å². The summed E-state index contributed by atoms with van der Waals surface area (Å²) in [7, 11) is 0. The molecule has 0 spiro atoms. The second kappa shape index (κ2) is 4.81. The molecule has 0 unspecified atom stereocenters. The molecule has 2 heterocycles. The second-order valence-electron chi connectivity index (χ2n) is 4.88. The van der Waals surface area contributed by atoms with E-state index in [-0.39, 0.29) is 5.91 Å². The van der Waals surface area contributed by atoms with Crippen molar-refractivity contribution in [3.63, 3.8) is 0 Å². The first kappa shape index (κ1) is 12.4. The lowest BCUT2D eigenvalue weighted by Gasteiger charge is -2.15. The molecule has 1 aliphatic rings. The highest BCUT2D eigenvalue weighted by Gasteiger charge is 2.37. The number of hydrogen-bond donors (Lipinski definition) is 1. The Morgan fingerprint density at radius 3 is 2.40 bits per heavy atom. The molecule has 1 aliphatic heterocycles. The van der Waals surface area contributed by atoms with E-state index >= 15 is 0 Å². The molecule has 4 nitrogen and oxygen atoms in total. The third-order valence-corrected chi connectivity index (χ3v) is 3.40. The van der Waals surface area contributed by atoms with E-state index < -0.39 is 0 Å². The summed E-state index contributed by atoms with van der Waals surface area (Å²) in [5.41, 5.74) is 9.21. The number of carbonyl (C=O) groups excluding carboxylic acids is 1. The Hall–Kier alpha value is -2.62. The number of hydrogen-bond acceptors (Lipinski definition) is 2. The van der Waals surface area contributed by atoms with Gasteiger partial charge >= 0.3 is 5.91 Å². The molecule has 0 saturated heterocycles. The highest BCUT2D eigenvalue weighted by molar-refractivity contribution is 6.22. The van der Waals surface area contributed by atoms with Gasteiger partial charge in [0.2, 0.25) is 0 Å². The van der Waals surface area contributed by atoms with Crippen LogP contribution in [0.4, 0.5) is 5.69 Å². The smallest absolute Gasteiger partial charge is 0.325 e. The Bertz CT molecular complexity index is 675. The Kier molecular flexibility index (Phi) is 2.99. The van der Waals surface area contributed by atoms with Gasteiger partial charge in [0, 0.05) is 17.8 Å². The van der Waals surface area contributed by atoms with Gasteiger partial charge in [-0.1, -0.05) is 23.8 Å². The molecular formula is C16H16N3O+. The molecule has 0 aliphatic carbocycles. The third kappa shape index (κ3) is 2.05. The number of aromatic nitrogens is 1. The zero-order chi connectivity index (χ0) is 14.1. The fourth-order valence-corrected chi connectivity index (χ4v) is 2.34. The van der Waals surface area contributed by atoms with Crippen LogP contribution in [-0.4, -0.2) is 12.5 Å². The average molecular weight is 266 g/mol. The van der Waals surface area contributed by atoms with E-state index in [4.69, 9.17) is 5.73 Å². The van der Waals surface area contributed by atoms with Gasteiger partial charge < -0.3 is 5.73 Å². The van der Waals surface area contributed by atoms with E-state index in [0.717, 1.165) is 5.69 Å². The highest BCUT2D eigenvalue weighted by atomic mass is 16.2. The lowest BCUT2D eigenvalue weighted by molar-refractivity contribution is -0.577. The number of rotatable bonds is 2. The van der Waals surface area contributed by atoms with E-state index in [9.17, 15) is 4.79 Å². The number of anilines is 1. The summed E-state index contributed by atoms with van der Waals surface area (Å²) in [5, 5.41) is 0. The Morgan fingerprint density at radius 2 is 1.75 bits per heavy atom. The van der Waals surface area contributed by atoms with Crippen molar-refractivity contribution in [1.82, 2.24) is 0 Å². The largest absolute Gasteiger partial charge is 0.395 e. The molecule has 2 aromatic rings. The summed E-state index contributed by atoms with van der Waals surface area (Å²) in [6, 6.07) is 13.5. The summed E-state index contributed by atoms with van der Waals surface area (Å²) in [6.07, 6.45) is 3.66. The van der Waals surface area contributed by atoms with Crippen molar-refractivity contribution in [3.05, 3.63) is 66.1 Å². The summed E-state index contributed by atoms with van der Waals surface area (Å²) < 4.78 is 1.77. The fraction of sp³-hybridized carbons (Fsp3) is 0.125. The number of nitrogens with zero attached hydrogens (tertiary/aromatic N) is 2. The number of amides is 1. The fourth-order valence-electron chi connectivity index (χ4n) is 2.34. The molecule has 100 valence electrons. The molecule has 1 aromatic carbocycles. The maximum Gasteiger partial charge on any atom is 0.325 e. The van der Waals surface area contributed by atoms with Crippen LogP contribution in [0.3, 0.4) is 0 Å². The summed E-state index contributed by atoms with van der Waals surface area (Å²) in [5.74, 6) is -0.0671. The molecule has 3 rings (SSSR count). The second-order valence-corrected chi connectivity index (χ2v) is 4.88. The van der Waals surface area contributed by atoms with Gasteiger partial charge in [0.1, 0.15) is 5.70 Å². The van der Waals surface area contributed by atoms with Crippen molar-refractivity contribution in [1.29, 1.82) is 0 Å². The predicted molar refractivity (Wildman–Crippen MR) is 77.6 cm³/mol. The van der Waals surface area contributed by atoms with Crippen LogP contribution in [0.5, 0.6) is 0 Å². The normalized spacial score (nSPS) is 15.1. The minimum Gasteiger partial charge on any atom is -0.395 e. The summed E-state index contributed by atoms with van der Waals surface area (Å²) in [6.45, 7) is 2.45. The first-order chi connectivity index (χ1) is 9.66. The SMILES string of the molecule is Cc1ccc(N2CC(N)=C([n+]3ccccc3)C2=O)cc1. The first-order valence-corrected chi connectivity index (χ1v) is 6.50. The van der Waals surface area contributed by atoms with Crippen LogP contribution in [0, 0.1) is 6.92 Å². The van der Waals surface area contributed by atoms with Crippen LogP contribution in [0.2, 0.25) is 0 Å². The van der Waals surface area contributed by atoms with Gasteiger partial charge in [0.25, 0.3) is 5.70 Å². The molecule has 0 radical (unpaired) electrons. The van der Waals surface area contributed by atoms with Crippen molar-refractivity contribution >= 4 is 17.3 Å². The highest BCUT2D eigenvalue weighted by Crippen LogP contribution is 2.23. The van der Waals surface area contributed by atoms with Gasteiger partial charge in [-0.05, 0) is 19.1 Å². The van der Waals surface area contributed by atoms with Gasteiger partial charge in [-0.15, -0.1) is 0 Å². The van der Waals surface area contributed by atoms with Crippen molar-refractivity contribution in [2.75, 3.05) is 11.4 Å². The number of pyridine rings is 1. The van der Waals surface area contributed by atoms with E-state index in [1.165, 1.54) is 5.56 Å². The zero-order valence-corrected chi connectivity index (χ0v) is 11.3. The van der Waals surface area contributed by atoms with E-state index in [1.807, 2.05) is 61.8 Å². The molecule has 0 saturated carbocycles. The van der Waals surface area contributed by atoms with Gasteiger partial charge in [-0.25, -0.2) is 0 Å². The molecule has 1 aromatic heterocycles. The Morgan fingerprint density at radius 1 is 1.10 bits per heavy atom. The van der Waals surface area contributed by atoms with Crippen LogP contribution in [0.1, 0.15) is 5.56 Å². The van der Waals surface area contributed by atoms with Gasteiger partial charge in [0.15, 0.2) is 12.4 Å². The number of carbonyl (C=O) groups is 1. The number of nitrogens with two attached hydrogens (primary N) is 1. The predicted octanol–water partition coefficient (Wildman–Crippen LogP) is 1.46. The third-order valence-electron chi connectivity index (χ3n) is 3.40. The molecule has 0 bridgehead atoms. The summed E-state index contributed by atoms with van der Waals surface area (Å²) in [4.78, 5) is 14.3. The van der Waals surface area contributed by atoms with E-state index in [0.29, 0.717) is 17.9 Å². The van der Waals surface area contributed by atoms with E-state index in [2.05, 4.69) is 0 Å². The molecule has 4 heteroatoms. The Balaban J connectivity index is 1.95. The van der Waals surface area contributed by atoms with Gasteiger partial charge in [-0.2, -0.15) is 4.57 Å². The molecule has 20 heavy (non-hydrogen) atoms. The number of benzene rings is 1. The topological polar surface area (TPSA) is 50.2 Å². The standard InChI is InChI=1S/C16H15N3O/c1-12-5-7-13(8-6-12)19-11-14(17)15(16(19)20)18-9-3-2-4-10-18/h2-10H,11H2,1H3,(H-,17,20)/p+1. The minimum atomic E-state index is -0.0671. The van der Waals surface area contributed by atoms with Crippen molar-refractivity contribution in [3.8, 4) is 0 Å². The lowest BCUT2D eigenvalue weighted by atomic mass is 10.2. The molecule has 0 atom stereocenters. The first-order valence-electron chi connectivity index (χ1n) is 6.50. The van der Waals surface area contributed by atoms with Crippen LogP contribution in [0.15, 0.2) is 60.6 Å². The molecule has 1 amide bonds. The van der Waals surface area contributed by atoms with Crippen LogP contribution in [0.25, 0.3) is 5.70 Å². The maximum atomic E-state index is 12.6. The van der Waals surface area contributed by atoms with Crippen LogP contribution in [-0.2, 0) is 4.79 Å². The molecule has 2 N–H and O–H groups in total. The quantitative estimate of drug-likeness (QED) is 0.837. The average Bonchev–Trinajstić information content (AvgIpc) is 2.76. The maximum absolute atomic E-state index is 12.6. The van der Waals surface area contributed by atoms with Crippen LogP contribution >= 0.6 is 0 Å². The summed E-state index contributed by atoms with van der Waals surface area (Å²) >= 11 is 0. The van der Waals surface area contributed by atoms with Crippen molar-refractivity contribution in [2.24, 2.45) is 5.73 Å². The van der Waals surface area contributed by atoms with Crippen molar-refractivity contribution < 1.29 is 9.36 Å². The minimum absolute atomic E-state index is 0.0671. The monoisotopic (exact) mass is 266 g/mol. The molecular weight excluding hydrogens is 250 g/mol. The Labute approximate surface area is 117 Å². The van der Waals surface area contributed by atoms with Gasteiger partial charge in [-0.3, -0.25) is 9.69 Å². The van der Waals surface area contributed by atoms with Crippen molar-refractivity contribution in [2.45, 2.75) is 6.92 Å². The zero-order valence-electron chi connectivity index (χ0n) is 11.3. The molecule has 0 fully saturated rings. The van der Waals surface area contributed by atoms with E-state index in [1.54, 1.807) is 9.47 Å².